The fourth-order valence-corrected chi connectivity index (χ4v) is 2.80. The summed E-state index contributed by atoms with van der Waals surface area (Å²) in [4.78, 5) is 21.5. The zero-order valence-corrected chi connectivity index (χ0v) is 13.1. The zero-order valence-electron chi connectivity index (χ0n) is 13.1. The van der Waals surface area contributed by atoms with Gasteiger partial charge in [0.25, 0.3) is 5.91 Å². The molecule has 1 aromatic heterocycles. The number of hydrogen-bond donors (Lipinski definition) is 2. The van der Waals surface area contributed by atoms with Gasteiger partial charge in [0.2, 0.25) is 0 Å². The van der Waals surface area contributed by atoms with Gasteiger partial charge in [-0.05, 0) is 49.9 Å². The number of hydrogen-bond acceptors (Lipinski definition) is 3. The third-order valence-electron chi connectivity index (χ3n) is 4.32. The molecule has 0 atom stereocenters. The number of aromatic amines is 1. The predicted molar refractivity (Wildman–Crippen MR) is 88.3 cm³/mol. The molecule has 1 saturated heterocycles. The molecule has 3 rings (SSSR count). The Balaban J connectivity index is 1.64. The molecule has 22 heavy (non-hydrogen) atoms. The number of carbonyl (C=O) groups excluding carboxylic acids is 1. The summed E-state index contributed by atoms with van der Waals surface area (Å²) in [5.41, 5.74) is 3.23. The second-order valence-corrected chi connectivity index (χ2v) is 6.05. The molecule has 0 aliphatic carbocycles. The summed E-state index contributed by atoms with van der Waals surface area (Å²) in [6.45, 7) is 6.37. The van der Waals surface area contributed by atoms with Crippen molar-refractivity contribution in [1.82, 2.24) is 9.97 Å². The maximum absolute atomic E-state index is 12.1. The van der Waals surface area contributed by atoms with Gasteiger partial charge in [0.1, 0.15) is 5.69 Å². The predicted octanol–water partition coefficient (Wildman–Crippen LogP) is 3.21. The molecule has 0 radical (unpaired) electrons. The molecule has 116 valence electrons. The highest BCUT2D eigenvalue weighted by atomic mass is 16.1. The fraction of sp³-hybridized carbons (Fsp3) is 0.412. The van der Waals surface area contributed by atoms with Crippen LogP contribution in [0.5, 0.6) is 0 Å². The van der Waals surface area contributed by atoms with Crippen LogP contribution in [0, 0.1) is 12.8 Å². The maximum atomic E-state index is 12.1. The zero-order chi connectivity index (χ0) is 15.5. The first-order valence-corrected chi connectivity index (χ1v) is 7.80. The first-order valence-electron chi connectivity index (χ1n) is 7.80. The highest BCUT2D eigenvalue weighted by Gasteiger charge is 2.16. The number of H-pyrrole nitrogens is 1. The Kier molecular flexibility index (Phi) is 4.13. The minimum absolute atomic E-state index is 0.182. The first-order chi connectivity index (χ1) is 10.6. The van der Waals surface area contributed by atoms with E-state index in [0.717, 1.165) is 30.4 Å². The molecule has 0 spiro atoms. The van der Waals surface area contributed by atoms with Gasteiger partial charge in [0, 0.05) is 30.2 Å². The van der Waals surface area contributed by atoms with Gasteiger partial charge in [0.15, 0.2) is 0 Å². The molecule has 0 bridgehead atoms. The van der Waals surface area contributed by atoms with E-state index in [0.29, 0.717) is 5.69 Å². The fourth-order valence-electron chi connectivity index (χ4n) is 2.80. The van der Waals surface area contributed by atoms with Crippen LogP contribution in [0.3, 0.4) is 0 Å². The van der Waals surface area contributed by atoms with Gasteiger partial charge >= 0.3 is 0 Å². The van der Waals surface area contributed by atoms with Crippen LogP contribution < -0.4 is 10.2 Å². The molecule has 1 aliphatic rings. The van der Waals surface area contributed by atoms with Crippen LogP contribution in [0.4, 0.5) is 11.4 Å². The Morgan fingerprint density at radius 1 is 1.27 bits per heavy atom. The standard InChI is InChI=1S/C17H22N4O/c1-12-7-9-21(10-8-12)15-5-3-14(4-6-15)20-17(22)16-13(2)18-11-19-16/h3-6,11-12H,7-10H2,1-2H3,(H,18,19)(H,20,22). The molecule has 5 nitrogen and oxygen atoms in total. The van der Waals surface area contributed by atoms with Gasteiger partial charge in [0.05, 0.1) is 6.33 Å². The van der Waals surface area contributed by atoms with E-state index in [2.05, 4.69) is 39.2 Å². The molecular formula is C17H22N4O. The quantitative estimate of drug-likeness (QED) is 0.914. The van der Waals surface area contributed by atoms with Crippen molar-refractivity contribution in [3.8, 4) is 0 Å². The highest BCUT2D eigenvalue weighted by molar-refractivity contribution is 6.03. The second kappa shape index (κ2) is 6.22. The van der Waals surface area contributed by atoms with Crippen LogP contribution in [0.1, 0.15) is 35.9 Å². The Labute approximate surface area is 130 Å². The van der Waals surface area contributed by atoms with Crippen molar-refractivity contribution in [1.29, 1.82) is 0 Å². The first kappa shape index (κ1) is 14.6. The van der Waals surface area contributed by atoms with Gasteiger partial charge in [-0.3, -0.25) is 4.79 Å². The smallest absolute Gasteiger partial charge is 0.276 e. The van der Waals surface area contributed by atoms with Crippen molar-refractivity contribution >= 4 is 17.3 Å². The van der Waals surface area contributed by atoms with Gasteiger partial charge in [-0.1, -0.05) is 6.92 Å². The number of nitrogens with zero attached hydrogens (tertiary/aromatic N) is 2. The minimum atomic E-state index is -0.182. The van der Waals surface area contributed by atoms with Crippen molar-refractivity contribution < 1.29 is 4.79 Å². The van der Waals surface area contributed by atoms with Crippen LogP contribution in [-0.4, -0.2) is 29.0 Å². The number of benzene rings is 1. The van der Waals surface area contributed by atoms with E-state index < -0.39 is 0 Å². The molecular weight excluding hydrogens is 276 g/mol. The lowest BCUT2D eigenvalue weighted by Gasteiger charge is -2.32. The molecule has 1 aromatic carbocycles. The molecule has 1 aliphatic heterocycles. The summed E-state index contributed by atoms with van der Waals surface area (Å²) in [6.07, 6.45) is 4.03. The second-order valence-electron chi connectivity index (χ2n) is 6.05. The maximum Gasteiger partial charge on any atom is 0.276 e. The van der Waals surface area contributed by atoms with Gasteiger partial charge in [-0.15, -0.1) is 0 Å². The molecule has 2 aromatic rings. The molecule has 5 heteroatoms. The molecule has 2 N–H and O–H groups in total. The average Bonchev–Trinajstić information content (AvgIpc) is 2.95. The summed E-state index contributed by atoms with van der Waals surface area (Å²) in [5.74, 6) is 0.644. The lowest BCUT2D eigenvalue weighted by molar-refractivity contribution is 0.102. The Morgan fingerprint density at radius 3 is 2.55 bits per heavy atom. The van der Waals surface area contributed by atoms with Crippen LogP contribution in [-0.2, 0) is 0 Å². The van der Waals surface area contributed by atoms with E-state index in [1.165, 1.54) is 24.9 Å². The number of piperidine rings is 1. The minimum Gasteiger partial charge on any atom is -0.372 e. The monoisotopic (exact) mass is 298 g/mol. The number of rotatable bonds is 3. The van der Waals surface area contributed by atoms with Crippen molar-refractivity contribution in [2.75, 3.05) is 23.3 Å². The van der Waals surface area contributed by atoms with E-state index in [-0.39, 0.29) is 5.91 Å². The SMILES string of the molecule is Cc1[nH]cnc1C(=O)Nc1ccc(N2CCC(C)CC2)cc1. The Bertz CT molecular complexity index is 639. The molecule has 0 unspecified atom stereocenters. The van der Waals surface area contributed by atoms with Gasteiger partial charge in [-0.2, -0.15) is 0 Å². The summed E-state index contributed by atoms with van der Waals surface area (Å²) >= 11 is 0. The van der Waals surface area contributed by atoms with Crippen LogP contribution >= 0.6 is 0 Å². The summed E-state index contributed by atoms with van der Waals surface area (Å²) in [5, 5.41) is 2.88. The number of amides is 1. The van der Waals surface area contributed by atoms with E-state index in [1.807, 2.05) is 19.1 Å². The number of nitrogens with one attached hydrogen (secondary N) is 2. The number of aromatic nitrogens is 2. The number of anilines is 2. The molecule has 0 saturated carbocycles. The molecule has 1 fully saturated rings. The van der Waals surface area contributed by atoms with Crippen molar-refractivity contribution in [3.05, 3.63) is 42.0 Å². The third-order valence-corrected chi connectivity index (χ3v) is 4.32. The lowest BCUT2D eigenvalue weighted by Crippen LogP contribution is -2.32. The van der Waals surface area contributed by atoms with Crippen LogP contribution in [0.2, 0.25) is 0 Å². The van der Waals surface area contributed by atoms with E-state index >= 15 is 0 Å². The summed E-state index contributed by atoms with van der Waals surface area (Å²) < 4.78 is 0. The lowest BCUT2D eigenvalue weighted by atomic mass is 9.99. The summed E-state index contributed by atoms with van der Waals surface area (Å²) in [7, 11) is 0. The van der Waals surface area contributed by atoms with Crippen LogP contribution in [0.15, 0.2) is 30.6 Å². The molecule has 1 amide bonds. The Morgan fingerprint density at radius 2 is 1.95 bits per heavy atom. The molecule has 2 heterocycles. The van der Waals surface area contributed by atoms with Gasteiger partial charge in [-0.25, -0.2) is 4.98 Å². The number of aryl methyl sites for hydroxylation is 1. The Hall–Kier alpha value is -2.30. The van der Waals surface area contributed by atoms with E-state index in [9.17, 15) is 4.79 Å². The van der Waals surface area contributed by atoms with Crippen molar-refractivity contribution in [2.24, 2.45) is 5.92 Å². The average molecular weight is 298 g/mol. The largest absolute Gasteiger partial charge is 0.372 e. The highest BCUT2D eigenvalue weighted by Crippen LogP contribution is 2.24. The van der Waals surface area contributed by atoms with Gasteiger partial charge < -0.3 is 15.2 Å². The summed E-state index contributed by atoms with van der Waals surface area (Å²) in [6, 6.07) is 8.05. The van der Waals surface area contributed by atoms with E-state index in [1.54, 1.807) is 0 Å². The topological polar surface area (TPSA) is 61.0 Å². The third kappa shape index (κ3) is 3.13. The van der Waals surface area contributed by atoms with Crippen molar-refractivity contribution in [2.45, 2.75) is 26.7 Å². The number of imidazole rings is 1. The normalized spacial score (nSPS) is 15.8. The number of carbonyl (C=O) groups is 1. The van der Waals surface area contributed by atoms with Crippen molar-refractivity contribution in [3.63, 3.8) is 0 Å². The van der Waals surface area contributed by atoms with Crippen LogP contribution in [0.25, 0.3) is 0 Å². The van der Waals surface area contributed by atoms with E-state index in [4.69, 9.17) is 0 Å².